The third kappa shape index (κ3) is 3.42. The molecule has 27 heavy (non-hydrogen) atoms. The summed E-state index contributed by atoms with van der Waals surface area (Å²) < 4.78 is 5.32. The van der Waals surface area contributed by atoms with Gasteiger partial charge in [0.15, 0.2) is 0 Å². The van der Waals surface area contributed by atoms with Gasteiger partial charge in [0.2, 0.25) is 0 Å². The van der Waals surface area contributed by atoms with Gasteiger partial charge in [0.1, 0.15) is 0 Å². The van der Waals surface area contributed by atoms with Crippen LogP contribution in [0.15, 0.2) is 72.8 Å². The fourth-order valence-corrected chi connectivity index (χ4v) is 6.50. The fourth-order valence-electron chi connectivity index (χ4n) is 2.77. The van der Waals surface area contributed by atoms with Crippen LogP contribution >= 0.6 is 34.0 Å². The third-order valence-electron chi connectivity index (χ3n) is 4.03. The zero-order valence-electron chi connectivity index (χ0n) is 14.2. The van der Waals surface area contributed by atoms with Crippen LogP contribution in [0, 0.1) is 23.7 Å². The van der Waals surface area contributed by atoms with E-state index in [0.29, 0.717) is 0 Å². The summed E-state index contributed by atoms with van der Waals surface area (Å²) in [6.07, 6.45) is 0. The summed E-state index contributed by atoms with van der Waals surface area (Å²) in [6, 6.07) is 24.7. The fraction of sp³-hybridized carbons (Fsp3) is 0. The lowest BCUT2D eigenvalue weighted by Gasteiger charge is -1.85. The Bertz CT molecular complexity index is 1250. The summed E-state index contributed by atoms with van der Waals surface area (Å²) in [7, 11) is 0. The van der Waals surface area contributed by atoms with Gasteiger partial charge in [-0.25, -0.2) is 0 Å². The summed E-state index contributed by atoms with van der Waals surface area (Å²) in [5.41, 5.74) is 2.10. The van der Waals surface area contributed by atoms with E-state index >= 15 is 0 Å². The third-order valence-corrected chi connectivity index (χ3v) is 7.64. The van der Waals surface area contributed by atoms with Crippen molar-refractivity contribution in [1.82, 2.24) is 0 Å². The highest BCUT2D eigenvalue weighted by Gasteiger charge is 2.11. The van der Waals surface area contributed by atoms with Crippen molar-refractivity contribution in [1.29, 1.82) is 0 Å². The van der Waals surface area contributed by atoms with Gasteiger partial charge in [0.25, 0.3) is 0 Å². The molecule has 0 unspecified atom stereocenters. The van der Waals surface area contributed by atoms with Crippen LogP contribution < -0.4 is 0 Å². The second-order valence-corrected chi connectivity index (χ2v) is 9.13. The van der Waals surface area contributed by atoms with E-state index in [2.05, 4.69) is 35.8 Å². The molecule has 0 atom stereocenters. The normalized spacial score (nSPS) is 10.4. The number of hydrogen-bond donors (Lipinski definition) is 0. The Labute approximate surface area is 169 Å². The van der Waals surface area contributed by atoms with Gasteiger partial charge >= 0.3 is 0 Å². The lowest BCUT2D eigenvalue weighted by molar-refractivity contribution is 1.65. The molecule has 2 aromatic carbocycles. The van der Waals surface area contributed by atoms with Crippen LogP contribution in [-0.4, -0.2) is 0 Å². The quantitative estimate of drug-likeness (QED) is 0.248. The molecule has 0 spiro atoms. The van der Waals surface area contributed by atoms with Crippen LogP contribution in [0.1, 0.15) is 20.9 Å². The van der Waals surface area contributed by atoms with Crippen LogP contribution in [0.3, 0.4) is 0 Å². The molecule has 5 aromatic rings. The molecule has 0 aliphatic carbocycles. The van der Waals surface area contributed by atoms with E-state index in [-0.39, 0.29) is 0 Å². The van der Waals surface area contributed by atoms with Crippen molar-refractivity contribution < 1.29 is 0 Å². The van der Waals surface area contributed by atoms with E-state index < -0.39 is 0 Å². The smallest absolute Gasteiger partial charge is 0.0793 e. The van der Waals surface area contributed by atoms with Crippen LogP contribution in [0.2, 0.25) is 0 Å². The van der Waals surface area contributed by atoms with E-state index in [1.807, 2.05) is 72.0 Å². The van der Waals surface area contributed by atoms with Crippen molar-refractivity contribution in [2.24, 2.45) is 0 Å². The van der Waals surface area contributed by atoms with Crippen molar-refractivity contribution in [2.75, 3.05) is 0 Å². The second kappa shape index (κ2) is 7.06. The van der Waals surface area contributed by atoms with Crippen LogP contribution in [0.5, 0.6) is 0 Å². The Morgan fingerprint density at radius 2 is 0.926 bits per heavy atom. The molecule has 0 saturated heterocycles. The van der Waals surface area contributed by atoms with E-state index in [9.17, 15) is 0 Å². The van der Waals surface area contributed by atoms with Gasteiger partial charge in [-0.1, -0.05) is 60.1 Å². The lowest BCUT2D eigenvalue weighted by atomic mass is 10.2. The summed E-state index contributed by atoms with van der Waals surface area (Å²) >= 11 is 5.39. The van der Waals surface area contributed by atoms with Crippen LogP contribution in [0.25, 0.3) is 18.8 Å². The van der Waals surface area contributed by atoms with Gasteiger partial charge in [-0.15, -0.1) is 34.0 Å². The minimum Gasteiger partial charge on any atom is -0.133 e. The predicted octanol–water partition coefficient (Wildman–Crippen LogP) is 6.98. The van der Waals surface area contributed by atoms with Gasteiger partial charge in [-0.05, 0) is 36.4 Å². The molecule has 0 nitrogen and oxygen atoms in total. The summed E-state index contributed by atoms with van der Waals surface area (Å²) in [6.45, 7) is 0. The van der Waals surface area contributed by atoms with Gasteiger partial charge in [0.05, 0.1) is 19.2 Å². The summed E-state index contributed by atoms with van der Waals surface area (Å²) in [5, 5.41) is 0. The lowest BCUT2D eigenvalue weighted by Crippen LogP contribution is -1.70. The zero-order valence-corrected chi connectivity index (χ0v) is 16.6. The largest absolute Gasteiger partial charge is 0.133 e. The highest BCUT2D eigenvalue weighted by Crippen LogP contribution is 2.43. The first-order valence-electron chi connectivity index (χ1n) is 8.45. The average Bonchev–Trinajstić information content (AvgIpc) is 3.37. The summed E-state index contributed by atoms with van der Waals surface area (Å²) in [5.74, 6) is 13.1. The molecular weight excluding hydrogens is 384 g/mol. The Kier molecular flexibility index (Phi) is 4.28. The SMILES string of the molecule is C(#Cc1cc2sc3cc(C#Cc4ccccc4)sc3c2s1)c1ccccc1. The van der Waals surface area contributed by atoms with Crippen molar-refractivity contribution in [2.45, 2.75) is 0 Å². The van der Waals surface area contributed by atoms with E-state index in [0.717, 1.165) is 20.9 Å². The molecule has 0 saturated carbocycles. The highest BCUT2D eigenvalue weighted by atomic mass is 32.1. The maximum absolute atomic E-state index is 3.31. The van der Waals surface area contributed by atoms with Gasteiger partial charge in [-0.3, -0.25) is 0 Å². The molecule has 3 heteroatoms. The highest BCUT2D eigenvalue weighted by molar-refractivity contribution is 7.38. The molecule has 0 aliphatic rings. The molecule has 0 amide bonds. The molecule has 0 bridgehead atoms. The Morgan fingerprint density at radius 3 is 1.37 bits per heavy atom. The molecule has 3 heterocycles. The Morgan fingerprint density at radius 1 is 0.481 bits per heavy atom. The van der Waals surface area contributed by atoms with E-state index in [4.69, 9.17) is 0 Å². The molecule has 126 valence electrons. The minimum atomic E-state index is 1.05. The van der Waals surface area contributed by atoms with E-state index in [1.54, 1.807) is 22.7 Å². The van der Waals surface area contributed by atoms with E-state index in [1.165, 1.54) is 18.8 Å². The maximum atomic E-state index is 3.31. The standard InChI is InChI=1S/C24H12S3/c1-3-7-17(8-4-1)11-13-19-15-21-23(25-19)24-22(27-21)16-20(26-24)14-12-18-9-5-2-6-10-18/h1-10,15-16H. The zero-order chi connectivity index (χ0) is 18.1. The molecular formula is C24H12S3. The molecule has 0 aliphatic heterocycles. The van der Waals surface area contributed by atoms with Gasteiger partial charge in [0, 0.05) is 20.5 Å². The van der Waals surface area contributed by atoms with Crippen molar-refractivity contribution in [3.05, 3.63) is 93.7 Å². The maximum Gasteiger partial charge on any atom is 0.0793 e. The first-order valence-corrected chi connectivity index (χ1v) is 10.9. The predicted molar refractivity (Wildman–Crippen MR) is 120 cm³/mol. The molecule has 0 N–H and O–H groups in total. The molecule has 0 radical (unpaired) electrons. The summed E-state index contributed by atoms with van der Waals surface area (Å²) in [4.78, 5) is 2.24. The number of thiophene rings is 3. The Hall–Kier alpha value is -2.82. The molecule has 0 fully saturated rings. The Balaban J connectivity index is 1.49. The number of rotatable bonds is 0. The number of hydrogen-bond acceptors (Lipinski definition) is 3. The first kappa shape index (κ1) is 16.4. The molecule has 5 rings (SSSR count). The number of fused-ring (bicyclic) bond motifs is 3. The first-order chi connectivity index (χ1) is 13.3. The van der Waals surface area contributed by atoms with Gasteiger partial charge < -0.3 is 0 Å². The second-order valence-electron chi connectivity index (χ2n) is 5.94. The topological polar surface area (TPSA) is 0 Å². The van der Waals surface area contributed by atoms with Crippen molar-refractivity contribution >= 4 is 52.8 Å². The van der Waals surface area contributed by atoms with Crippen LogP contribution in [-0.2, 0) is 0 Å². The van der Waals surface area contributed by atoms with Crippen molar-refractivity contribution in [3.8, 4) is 23.7 Å². The van der Waals surface area contributed by atoms with Gasteiger partial charge in [-0.2, -0.15) is 0 Å². The minimum absolute atomic E-state index is 1.05. The number of benzene rings is 2. The monoisotopic (exact) mass is 396 g/mol. The van der Waals surface area contributed by atoms with Crippen LogP contribution in [0.4, 0.5) is 0 Å². The van der Waals surface area contributed by atoms with Crippen molar-refractivity contribution in [3.63, 3.8) is 0 Å². The molecule has 3 aromatic heterocycles. The average molecular weight is 397 g/mol.